The van der Waals surface area contributed by atoms with Gasteiger partial charge in [-0.25, -0.2) is 4.98 Å². The molecule has 0 aliphatic heterocycles. The van der Waals surface area contributed by atoms with Gasteiger partial charge in [0.1, 0.15) is 0 Å². The molecule has 0 N–H and O–H groups in total. The van der Waals surface area contributed by atoms with E-state index in [2.05, 4.69) is 209 Å². The SMILES string of the molecule is c1ccc(-c2cccc3c2ccc2ccccc23)c(-c2nc(-c3ccccc3-n3c4ccccc4c4ccccc43)nc(-n3c4ccccc4c4ccccc43)n2)c1. The largest absolute Gasteiger partial charge is 0.309 e. The molecular formula is C53H33N5. The Kier molecular flexibility index (Phi) is 7.16. The lowest BCUT2D eigenvalue weighted by atomic mass is 9.92. The van der Waals surface area contributed by atoms with Crippen LogP contribution in [0.5, 0.6) is 0 Å². The van der Waals surface area contributed by atoms with Crippen molar-refractivity contribution >= 4 is 65.2 Å². The van der Waals surface area contributed by atoms with Gasteiger partial charge in [-0.05, 0) is 69.1 Å². The third kappa shape index (κ3) is 4.87. The monoisotopic (exact) mass is 739 g/mol. The van der Waals surface area contributed by atoms with Crippen molar-refractivity contribution in [1.82, 2.24) is 24.1 Å². The van der Waals surface area contributed by atoms with Gasteiger partial charge in [0.05, 0.1) is 27.8 Å². The van der Waals surface area contributed by atoms with Crippen molar-refractivity contribution in [2.45, 2.75) is 0 Å². The highest BCUT2D eigenvalue weighted by Gasteiger charge is 2.22. The maximum absolute atomic E-state index is 5.44. The van der Waals surface area contributed by atoms with Crippen molar-refractivity contribution in [2.24, 2.45) is 0 Å². The minimum absolute atomic E-state index is 0.563. The van der Waals surface area contributed by atoms with Crippen LogP contribution >= 0.6 is 0 Å². The van der Waals surface area contributed by atoms with E-state index in [0.29, 0.717) is 17.6 Å². The molecular weight excluding hydrogens is 707 g/mol. The van der Waals surface area contributed by atoms with Crippen LogP contribution < -0.4 is 0 Å². The molecule has 270 valence electrons. The van der Waals surface area contributed by atoms with Gasteiger partial charge in [0.2, 0.25) is 5.95 Å². The number of rotatable bonds is 5. The molecule has 0 unspecified atom stereocenters. The second-order valence-corrected chi connectivity index (χ2v) is 14.8. The van der Waals surface area contributed by atoms with Crippen LogP contribution in [0.15, 0.2) is 200 Å². The molecule has 5 nitrogen and oxygen atoms in total. The molecule has 3 aromatic heterocycles. The van der Waals surface area contributed by atoms with Crippen LogP contribution in [0.25, 0.3) is 111 Å². The van der Waals surface area contributed by atoms with E-state index in [1.807, 2.05) is 0 Å². The lowest BCUT2D eigenvalue weighted by Gasteiger charge is -2.16. The van der Waals surface area contributed by atoms with Crippen LogP contribution in [0.3, 0.4) is 0 Å². The van der Waals surface area contributed by atoms with E-state index in [-0.39, 0.29) is 0 Å². The molecule has 0 bridgehead atoms. The van der Waals surface area contributed by atoms with Gasteiger partial charge in [-0.2, -0.15) is 9.97 Å². The van der Waals surface area contributed by atoms with Crippen LogP contribution in [-0.4, -0.2) is 24.1 Å². The fraction of sp³-hybridized carbons (Fsp3) is 0. The molecule has 0 saturated heterocycles. The summed E-state index contributed by atoms with van der Waals surface area (Å²) in [5, 5.41) is 9.55. The Labute approximate surface area is 333 Å². The number of hydrogen-bond acceptors (Lipinski definition) is 3. The maximum atomic E-state index is 5.44. The van der Waals surface area contributed by atoms with Crippen LogP contribution in [0.4, 0.5) is 0 Å². The average Bonchev–Trinajstić information content (AvgIpc) is 3.82. The summed E-state index contributed by atoms with van der Waals surface area (Å²) in [6.07, 6.45) is 0. The molecule has 0 aliphatic carbocycles. The summed E-state index contributed by atoms with van der Waals surface area (Å²) in [6.45, 7) is 0. The molecule has 0 spiro atoms. The summed E-state index contributed by atoms with van der Waals surface area (Å²) in [7, 11) is 0. The van der Waals surface area contributed by atoms with Crippen LogP contribution in [0.2, 0.25) is 0 Å². The van der Waals surface area contributed by atoms with Crippen molar-refractivity contribution in [3.8, 4) is 45.5 Å². The first kappa shape index (κ1) is 32.4. The number of hydrogen-bond donors (Lipinski definition) is 0. The van der Waals surface area contributed by atoms with Gasteiger partial charge < -0.3 is 4.57 Å². The summed E-state index contributed by atoms with van der Waals surface area (Å²) in [4.78, 5) is 16.3. The molecule has 0 amide bonds. The molecule has 0 saturated carbocycles. The molecule has 58 heavy (non-hydrogen) atoms. The van der Waals surface area contributed by atoms with E-state index >= 15 is 0 Å². The minimum atomic E-state index is 0.563. The number of nitrogens with zero attached hydrogens (tertiary/aromatic N) is 5. The minimum Gasteiger partial charge on any atom is -0.309 e. The molecule has 12 aromatic rings. The number of para-hydroxylation sites is 5. The van der Waals surface area contributed by atoms with Gasteiger partial charge >= 0.3 is 0 Å². The van der Waals surface area contributed by atoms with Crippen LogP contribution in [-0.2, 0) is 0 Å². The fourth-order valence-corrected chi connectivity index (χ4v) is 9.07. The van der Waals surface area contributed by atoms with Crippen LogP contribution in [0, 0.1) is 0 Å². The normalized spacial score (nSPS) is 11.8. The lowest BCUT2D eigenvalue weighted by molar-refractivity contribution is 0.952. The molecule has 3 heterocycles. The second kappa shape index (κ2) is 12.8. The summed E-state index contributed by atoms with van der Waals surface area (Å²) < 4.78 is 4.53. The van der Waals surface area contributed by atoms with Gasteiger partial charge in [0, 0.05) is 32.7 Å². The van der Waals surface area contributed by atoms with E-state index in [4.69, 9.17) is 15.0 Å². The molecule has 0 fully saturated rings. The highest BCUT2D eigenvalue weighted by molar-refractivity contribution is 6.13. The van der Waals surface area contributed by atoms with Crippen molar-refractivity contribution in [3.63, 3.8) is 0 Å². The van der Waals surface area contributed by atoms with Crippen LogP contribution in [0.1, 0.15) is 0 Å². The Balaban J connectivity index is 1.16. The lowest BCUT2D eigenvalue weighted by Crippen LogP contribution is -2.08. The highest BCUT2D eigenvalue weighted by atomic mass is 15.2. The van der Waals surface area contributed by atoms with E-state index < -0.39 is 0 Å². The molecule has 0 radical (unpaired) electrons. The smallest absolute Gasteiger partial charge is 0.238 e. The Morgan fingerprint density at radius 1 is 0.259 bits per heavy atom. The van der Waals surface area contributed by atoms with Gasteiger partial charge in [0.25, 0.3) is 0 Å². The molecule has 9 aromatic carbocycles. The number of aromatic nitrogens is 5. The third-order valence-corrected chi connectivity index (χ3v) is 11.6. The van der Waals surface area contributed by atoms with Gasteiger partial charge in [-0.3, -0.25) is 4.57 Å². The molecule has 0 aliphatic rings. The fourth-order valence-electron chi connectivity index (χ4n) is 9.07. The summed E-state index contributed by atoms with van der Waals surface area (Å²) in [5.41, 5.74) is 9.36. The number of benzene rings is 9. The zero-order chi connectivity index (χ0) is 38.2. The summed E-state index contributed by atoms with van der Waals surface area (Å²) >= 11 is 0. The Morgan fingerprint density at radius 3 is 1.34 bits per heavy atom. The molecule has 12 rings (SSSR count). The van der Waals surface area contributed by atoms with Gasteiger partial charge in [-0.1, -0.05) is 164 Å². The number of fused-ring (bicyclic) bond motifs is 9. The standard InChI is InChI=1S/C53H33N5/c1-2-17-35-34(16-1)32-33-39-36(35)25-15-26-37(39)38-18-3-4-23-44(38)51-54-52(56-53(55-51)58-48-29-12-7-21-42(48)43-22-8-13-30-49(43)58)45-24-9-14-31-50(45)57-46-27-10-5-19-40(46)41-20-6-11-28-47(41)57/h1-33H. The Hall–Kier alpha value is -7.89. The van der Waals surface area contributed by atoms with Crippen molar-refractivity contribution < 1.29 is 0 Å². The van der Waals surface area contributed by atoms with E-state index in [9.17, 15) is 0 Å². The van der Waals surface area contributed by atoms with Gasteiger partial charge in [0.15, 0.2) is 11.6 Å². The van der Waals surface area contributed by atoms with E-state index in [0.717, 1.165) is 60.8 Å². The summed E-state index contributed by atoms with van der Waals surface area (Å²) in [5.74, 6) is 1.76. The van der Waals surface area contributed by atoms with Gasteiger partial charge in [-0.15, -0.1) is 0 Å². The quantitative estimate of drug-likeness (QED) is 0.165. The first-order valence-corrected chi connectivity index (χ1v) is 19.6. The van der Waals surface area contributed by atoms with Crippen molar-refractivity contribution in [3.05, 3.63) is 200 Å². The maximum Gasteiger partial charge on any atom is 0.238 e. The van der Waals surface area contributed by atoms with E-state index in [1.165, 1.54) is 32.3 Å². The van der Waals surface area contributed by atoms with Crippen molar-refractivity contribution in [2.75, 3.05) is 0 Å². The first-order chi connectivity index (χ1) is 28.8. The Morgan fingerprint density at radius 2 is 0.707 bits per heavy atom. The first-order valence-electron chi connectivity index (χ1n) is 19.6. The topological polar surface area (TPSA) is 48.5 Å². The zero-order valence-corrected chi connectivity index (χ0v) is 31.3. The van der Waals surface area contributed by atoms with E-state index in [1.54, 1.807) is 0 Å². The Bertz CT molecular complexity index is 3490. The predicted molar refractivity (Wildman–Crippen MR) is 240 cm³/mol. The zero-order valence-electron chi connectivity index (χ0n) is 31.3. The average molecular weight is 740 g/mol. The third-order valence-electron chi connectivity index (χ3n) is 11.6. The van der Waals surface area contributed by atoms with Crippen molar-refractivity contribution in [1.29, 1.82) is 0 Å². The highest BCUT2D eigenvalue weighted by Crippen LogP contribution is 2.40. The molecule has 5 heteroatoms. The predicted octanol–water partition coefficient (Wildman–Crippen LogP) is 13.4. The molecule has 0 atom stereocenters. The second-order valence-electron chi connectivity index (χ2n) is 14.8. The summed E-state index contributed by atoms with van der Waals surface area (Å²) in [6, 6.07) is 70.8.